The third kappa shape index (κ3) is 1.66. The molecular weight excluding hydrogens is 268 g/mol. The molecule has 0 saturated carbocycles. The van der Waals surface area contributed by atoms with Crippen LogP contribution in [0.15, 0.2) is 18.2 Å². The van der Waals surface area contributed by atoms with E-state index in [2.05, 4.69) is 18.0 Å². The van der Waals surface area contributed by atoms with Crippen LogP contribution >= 0.6 is 0 Å². The van der Waals surface area contributed by atoms with E-state index in [4.69, 9.17) is 9.47 Å². The first-order chi connectivity index (χ1) is 10.2. The zero-order valence-electron chi connectivity index (χ0n) is 12.2. The van der Waals surface area contributed by atoms with Gasteiger partial charge >= 0.3 is 6.09 Å². The molecule has 110 valence electrons. The smallest absolute Gasteiger partial charge is 0.410 e. The highest BCUT2D eigenvalue weighted by molar-refractivity contribution is 5.87. The first-order valence-electron chi connectivity index (χ1n) is 7.36. The molecule has 3 heterocycles. The van der Waals surface area contributed by atoms with Crippen LogP contribution in [0.4, 0.5) is 4.79 Å². The summed E-state index contributed by atoms with van der Waals surface area (Å²) >= 11 is 0. The van der Waals surface area contributed by atoms with Crippen LogP contribution in [-0.4, -0.2) is 35.7 Å². The minimum absolute atomic E-state index is 0.0761. The molecule has 2 aliphatic rings. The lowest BCUT2D eigenvalue weighted by Gasteiger charge is -2.34. The van der Waals surface area contributed by atoms with E-state index in [0.717, 1.165) is 29.8 Å². The van der Waals surface area contributed by atoms with E-state index >= 15 is 0 Å². The molecule has 0 radical (unpaired) electrons. The van der Waals surface area contributed by atoms with E-state index in [1.54, 1.807) is 7.11 Å². The van der Waals surface area contributed by atoms with Crippen molar-refractivity contribution in [1.82, 2.24) is 9.88 Å². The molecule has 1 amide bonds. The van der Waals surface area contributed by atoms with E-state index in [0.29, 0.717) is 6.61 Å². The maximum absolute atomic E-state index is 12.0. The van der Waals surface area contributed by atoms with Gasteiger partial charge < -0.3 is 14.5 Å². The van der Waals surface area contributed by atoms with Crippen molar-refractivity contribution in [3.8, 4) is 5.75 Å². The highest BCUT2D eigenvalue weighted by atomic mass is 16.6. The van der Waals surface area contributed by atoms with Gasteiger partial charge in [-0.1, -0.05) is 6.92 Å². The Balaban J connectivity index is 1.90. The van der Waals surface area contributed by atoms with Crippen molar-refractivity contribution in [2.45, 2.75) is 31.8 Å². The molecule has 5 heteroatoms. The van der Waals surface area contributed by atoms with Gasteiger partial charge in [0.15, 0.2) is 0 Å². The topological polar surface area (TPSA) is 54.6 Å². The number of ether oxygens (including phenoxy) is 2. The second kappa shape index (κ2) is 4.41. The van der Waals surface area contributed by atoms with Crippen LogP contribution in [0.25, 0.3) is 10.9 Å². The van der Waals surface area contributed by atoms with Crippen LogP contribution in [0.1, 0.15) is 30.6 Å². The second-order valence-corrected chi connectivity index (χ2v) is 5.69. The molecule has 1 fully saturated rings. The Bertz CT molecular complexity index is 722. The van der Waals surface area contributed by atoms with Crippen LogP contribution in [0.5, 0.6) is 5.75 Å². The number of nitrogens with zero attached hydrogens (tertiary/aromatic N) is 1. The number of aromatic amines is 1. The molecule has 4 rings (SSSR count). The molecule has 21 heavy (non-hydrogen) atoms. The molecule has 5 nitrogen and oxygen atoms in total. The van der Waals surface area contributed by atoms with Crippen molar-refractivity contribution in [1.29, 1.82) is 0 Å². The van der Waals surface area contributed by atoms with Crippen molar-refractivity contribution >= 4 is 17.0 Å². The fourth-order valence-corrected chi connectivity index (χ4v) is 3.66. The molecule has 2 aromatic rings. The predicted octanol–water partition coefficient (Wildman–Crippen LogP) is 3.00. The first kappa shape index (κ1) is 12.6. The largest absolute Gasteiger partial charge is 0.497 e. The van der Waals surface area contributed by atoms with Crippen molar-refractivity contribution in [2.24, 2.45) is 0 Å². The highest BCUT2D eigenvalue weighted by Gasteiger charge is 2.43. The van der Waals surface area contributed by atoms with Crippen LogP contribution < -0.4 is 4.74 Å². The number of H-pyrrole nitrogens is 1. The maximum atomic E-state index is 12.0. The van der Waals surface area contributed by atoms with Gasteiger partial charge in [0.1, 0.15) is 12.4 Å². The van der Waals surface area contributed by atoms with Gasteiger partial charge in [-0.2, -0.15) is 0 Å². The summed E-state index contributed by atoms with van der Waals surface area (Å²) in [6.45, 7) is 2.60. The molecule has 1 aromatic carbocycles. The van der Waals surface area contributed by atoms with Gasteiger partial charge in [-0.3, -0.25) is 4.90 Å². The lowest BCUT2D eigenvalue weighted by molar-refractivity contribution is 0.138. The highest BCUT2D eigenvalue weighted by Crippen LogP contribution is 2.41. The van der Waals surface area contributed by atoms with Crippen molar-refractivity contribution in [3.63, 3.8) is 0 Å². The number of fused-ring (bicyclic) bond motifs is 4. The Morgan fingerprint density at radius 3 is 3.10 bits per heavy atom. The number of aromatic nitrogens is 1. The van der Waals surface area contributed by atoms with Crippen LogP contribution in [0, 0.1) is 0 Å². The lowest BCUT2D eigenvalue weighted by Crippen LogP contribution is -2.42. The number of hydrogen-bond acceptors (Lipinski definition) is 3. The van der Waals surface area contributed by atoms with Gasteiger partial charge in [0, 0.05) is 16.6 Å². The average molecular weight is 286 g/mol. The van der Waals surface area contributed by atoms with Crippen LogP contribution in [0.2, 0.25) is 0 Å². The molecule has 0 bridgehead atoms. The fourth-order valence-electron chi connectivity index (χ4n) is 3.66. The van der Waals surface area contributed by atoms with Crippen molar-refractivity contribution in [2.75, 3.05) is 13.7 Å². The average Bonchev–Trinajstić information content (AvgIpc) is 3.06. The van der Waals surface area contributed by atoms with E-state index < -0.39 is 0 Å². The number of rotatable bonds is 2. The second-order valence-electron chi connectivity index (χ2n) is 5.69. The SMILES string of the molecule is CCC1c2[nH]c3ccc(OC)cc3c2CC2COC(=O)N21. The third-order valence-electron chi connectivity index (χ3n) is 4.65. The zero-order valence-corrected chi connectivity index (χ0v) is 12.2. The van der Waals surface area contributed by atoms with Gasteiger partial charge in [0.25, 0.3) is 0 Å². The minimum Gasteiger partial charge on any atom is -0.497 e. The summed E-state index contributed by atoms with van der Waals surface area (Å²) in [6, 6.07) is 6.31. The summed E-state index contributed by atoms with van der Waals surface area (Å²) < 4.78 is 10.6. The van der Waals surface area contributed by atoms with Crippen LogP contribution in [-0.2, 0) is 11.2 Å². The minimum atomic E-state index is -0.186. The van der Waals surface area contributed by atoms with E-state index in [1.165, 1.54) is 10.9 Å². The first-order valence-corrected chi connectivity index (χ1v) is 7.36. The van der Waals surface area contributed by atoms with E-state index in [-0.39, 0.29) is 18.2 Å². The Hall–Kier alpha value is -2.17. The van der Waals surface area contributed by atoms with Crippen molar-refractivity contribution in [3.05, 3.63) is 29.5 Å². The number of benzene rings is 1. The number of amides is 1. The quantitative estimate of drug-likeness (QED) is 0.923. The molecule has 1 saturated heterocycles. The van der Waals surface area contributed by atoms with Gasteiger partial charge in [0.05, 0.1) is 19.2 Å². The van der Waals surface area contributed by atoms with Crippen molar-refractivity contribution < 1.29 is 14.3 Å². The fraction of sp³-hybridized carbons (Fsp3) is 0.438. The Morgan fingerprint density at radius 1 is 1.48 bits per heavy atom. The Kier molecular flexibility index (Phi) is 2.64. The molecular formula is C16H18N2O3. The number of hydrogen-bond donors (Lipinski definition) is 1. The molecule has 2 aliphatic heterocycles. The number of carbonyl (C=O) groups excluding carboxylic acids is 1. The summed E-state index contributed by atoms with van der Waals surface area (Å²) in [5.41, 5.74) is 3.56. The normalized spacial score (nSPS) is 23.9. The van der Waals surface area contributed by atoms with Gasteiger partial charge in [-0.05, 0) is 36.6 Å². The summed E-state index contributed by atoms with van der Waals surface area (Å²) in [4.78, 5) is 17.4. The Morgan fingerprint density at radius 2 is 2.33 bits per heavy atom. The van der Waals surface area contributed by atoms with E-state index in [1.807, 2.05) is 17.0 Å². The monoisotopic (exact) mass is 286 g/mol. The third-order valence-corrected chi connectivity index (χ3v) is 4.65. The summed E-state index contributed by atoms with van der Waals surface area (Å²) in [7, 11) is 1.68. The predicted molar refractivity (Wildman–Crippen MR) is 78.6 cm³/mol. The molecule has 2 atom stereocenters. The number of nitrogens with one attached hydrogen (secondary N) is 1. The molecule has 0 spiro atoms. The number of carbonyl (C=O) groups is 1. The summed E-state index contributed by atoms with van der Waals surface area (Å²) in [5, 5.41) is 1.20. The lowest BCUT2D eigenvalue weighted by atomic mass is 9.91. The van der Waals surface area contributed by atoms with Crippen LogP contribution in [0.3, 0.4) is 0 Å². The number of methoxy groups -OCH3 is 1. The van der Waals surface area contributed by atoms with Gasteiger partial charge in [-0.15, -0.1) is 0 Å². The standard InChI is InChI=1S/C16H18N2O3/c1-3-14-15-12(6-9-8-21-16(19)18(9)14)11-7-10(20-2)4-5-13(11)17-15/h4-5,7,9,14,17H,3,6,8H2,1-2H3. The molecule has 1 aromatic heterocycles. The molecule has 0 aliphatic carbocycles. The molecule has 2 unspecified atom stereocenters. The van der Waals surface area contributed by atoms with Gasteiger partial charge in [-0.25, -0.2) is 4.79 Å². The summed E-state index contributed by atoms with van der Waals surface area (Å²) in [5.74, 6) is 0.860. The zero-order chi connectivity index (χ0) is 14.6. The summed E-state index contributed by atoms with van der Waals surface area (Å²) in [6.07, 6.45) is 1.53. The van der Waals surface area contributed by atoms with E-state index in [9.17, 15) is 4.79 Å². The maximum Gasteiger partial charge on any atom is 0.410 e. The van der Waals surface area contributed by atoms with Gasteiger partial charge in [0.2, 0.25) is 0 Å². The Labute approximate surface area is 122 Å². The number of cyclic esters (lactones) is 1. The molecule has 1 N–H and O–H groups in total.